The molecule has 0 aliphatic carbocycles. The number of nitrogens with one attached hydrogen (secondary N) is 1. The number of aliphatic imine (C=N–C) groups is 1. The first-order valence-corrected chi connectivity index (χ1v) is 6.22. The summed E-state index contributed by atoms with van der Waals surface area (Å²) in [5.74, 6) is -0.401. The zero-order chi connectivity index (χ0) is 14.2. The Labute approximate surface area is 116 Å². The van der Waals surface area contributed by atoms with Crippen molar-refractivity contribution < 1.29 is 14.3 Å². The van der Waals surface area contributed by atoms with Crippen molar-refractivity contribution in [1.29, 1.82) is 0 Å². The number of carbonyl (C=O) groups is 2. The number of rotatable bonds is 4. The third kappa shape index (κ3) is 3.94. The van der Waals surface area contributed by atoms with Gasteiger partial charge in [0.05, 0.1) is 18.4 Å². The molecule has 0 radical (unpaired) electrons. The van der Waals surface area contributed by atoms with Crippen molar-refractivity contribution in [3.05, 3.63) is 48.2 Å². The van der Waals surface area contributed by atoms with Gasteiger partial charge in [0.15, 0.2) is 0 Å². The van der Waals surface area contributed by atoms with E-state index in [1.165, 1.54) is 11.2 Å². The zero-order valence-corrected chi connectivity index (χ0v) is 10.9. The Morgan fingerprint density at radius 2 is 2.10 bits per heavy atom. The first kappa shape index (κ1) is 13.8. The van der Waals surface area contributed by atoms with E-state index in [4.69, 9.17) is 4.74 Å². The van der Waals surface area contributed by atoms with Crippen LogP contribution in [0.15, 0.2) is 47.6 Å². The smallest absolute Gasteiger partial charge is 0.338 e. The molecule has 1 aromatic rings. The van der Waals surface area contributed by atoms with Crippen molar-refractivity contribution in [2.24, 2.45) is 4.99 Å². The summed E-state index contributed by atoms with van der Waals surface area (Å²) in [7, 11) is 0. The van der Waals surface area contributed by atoms with Crippen LogP contribution in [0.25, 0.3) is 0 Å². The summed E-state index contributed by atoms with van der Waals surface area (Å²) in [6.07, 6.45) is 4.85. The van der Waals surface area contributed by atoms with Crippen LogP contribution in [0.2, 0.25) is 0 Å². The van der Waals surface area contributed by atoms with Crippen molar-refractivity contribution in [2.45, 2.75) is 0 Å². The molecule has 6 heteroatoms. The van der Waals surface area contributed by atoms with Crippen LogP contribution >= 0.6 is 0 Å². The molecule has 0 fully saturated rings. The summed E-state index contributed by atoms with van der Waals surface area (Å²) in [5.41, 5.74) is 0.493. The van der Waals surface area contributed by atoms with E-state index in [0.29, 0.717) is 12.1 Å². The summed E-state index contributed by atoms with van der Waals surface area (Å²) < 4.78 is 5.05. The number of carbonyl (C=O) groups excluding carboxylic acids is 2. The number of hydrogen-bond acceptors (Lipinski definition) is 4. The van der Waals surface area contributed by atoms with Crippen LogP contribution in [0.3, 0.4) is 0 Å². The molecule has 0 aromatic heterocycles. The molecule has 1 aliphatic heterocycles. The molecule has 1 N–H and O–H groups in total. The maximum atomic E-state index is 11.7. The number of amides is 2. The zero-order valence-electron chi connectivity index (χ0n) is 10.9. The van der Waals surface area contributed by atoms with E-state index in [1.54, 1.807) is 36.5 Å². The van der Waals surface area contributed by atoms with E-state index in [0.717, 1.165) is 0 Å². The molecule has 0 unspecified atom stereocenters. The first-order chi connectivity index (χ1) is 9.77. The second-order valence-corrected chi connectivity index (χ2v) is 4.04. The average molecular weight is 273 g/mol. The highest BCUT2D eigenvalue weighted by Crippen LogP contribution is 2.00. The van der Waals surface area contributed by atoms with Gasteiger partial charge in [-0.05, 0) is 18.2 Å². The van der Waals surface area contributed by atoms with Gasteiger partial charge in [-0.1, -0.05) is 18.2 Å². The fourth-order valence-corrected chi connectivity index (χ4v) is 1.58. The summed E-state index contributed by atoms with van der Waals surface area (Å²) in [6.45, 7) is 0.866. The van der Waals surface area contributed by atoms with Crippen LogP contribution < -0.4 is 5.32 Å². The number of nitrogens with zero attached hydrogens (tertiary/aromatic N) is 2. The average Bonchev–Trinajstić information content (AvgIpc) is 2.53. The van der Waals surface area contributed by atoms with E-state index < -0.39 is 5.97 Å². The van der Waals surface area contributed by atoms with Crippen LogP contribution in [-0.2, 0) is 4.74 Å². The van der Waals surface area contributed by atoms with Crippen LogP contribution in [0, 0.1) is 0 Å². The molecule has 2 amide bonds. The van der Waals surface area contributed by atoms with Gasteiger partial charge in [0, 0.05) is 12.7 Å². The molecule has 1 heterocycles. The van der Waals surface area contributed by atoms with Crippen molar-refractivity contribution in [3.8, 4) is 0 Å². The highest BCUT2D eigenvalue weighted by Gasteiger charge is 2.11. The molecule has 20 heavy (non-hydrogen) atoms. The molecular weight excluding hydrogens is 258 g/mol. The van der Waals surface area contributed by atoms with E-state index in [2.05, 4.69) is 10.3 Å². The van der Waals surface area contributed by atoms with Crippen LogP contribution in [0.1, 0.15) is 10.4 Å². The highest BCUT2D eigenvalue weighted by molar-refractivity contribution is 5.89. The van der Waals surface area contributed by atoms with Crippen LogP contribution in [0.4, 0.5) is 4.79 Å². The Kier molecular flexibility index (Phi) is 4.88. The number of esters is 1. The Bertz CT molecular complexity index is 526. The third-order valence-corrected chi connectivity index (χ3v) is 2.58. The van der Waals surface area contributed by atoms with E-state index in [-0.39, 0.29) is 19.2 Å². The summed E-state index contributed by atoms with van der Waals surface area (Å²) in [5, 5.41) is 2.64. The van der Waals surface area contributed by atoms with Crippen molar-refractivity contribution >= 4 is 18.3 Å². The lowest BCUT2D eigenvalue weighted by Gasteiger charge is -2.17. The van der Waals surface area contributed by atoms with Crippen LogP contribution in [-0.4, -0.2) is 42.9 Å². The second-order valence-electron chi connectivity index (χ2n) is 4.04. The predicted octanol–water partition coefficient (Wildman–Crippen LogP) is 1.41. The molecule has 1 aliphatic rings. The minimum Gasteiger partial charge on any atom is -0.460 e. The fraction of sp³-hybridized carbons (Fsp3) is 0.214. The van der Waals surface area contributed by atoms with Crippen molar-refractivity contribution in [3.63, 3.8) is 0 Å². The Hall–Kier alpha value is -2.63. The number of hydrogen-bond donors (Lipinski definition) is 1. The quantitative estimate of drug-likeness (QED) is 0.666. The van der Waals surface area contributed by atoms with Gasteiger partial charge in [0.2, 0.25) is 0 Å². The molecule has 0 saturated carbocycles. The maximum Gasteiger partial charge on any atom is 0.338 e. The van der Waals surface area contributed by atoms with Gasteiger partial charge < -0.3 is 10.1 Å². The summed E-state index contributed by atoms with van der Waals surface area (Å²) in [4.78, 5) is 28.6. The second kappa shape index (κ2) is 7.08. The molecule has 6 nitrogen and oxygen atoms in total. The standard InChI is InChI=1S/C14H15N3O3/c18-13(12-5-2-1-3-6-12)20-10-8-16-14(19)17-9-4-7-15-11-17/h1-7,11H,8-10H2,(H,16,19). The Balaban J connectivity index is 1.66. The lowest BCUT2D eigenvalue weighted by atomic mass is 10.2. The lowest BCUT2D eigenvalue weighted by Crippen LogP contribution is -2.41. The number of ether oxygens (including phenoxy) is 1. The summed E-state index contributed by atoms with van der Waals surface area (Å²) >= 11 is 0. The van der Waals surface area contributed by atoms with Gasteiger partial charge in [0.1, 0.15) is 6.61 Å². The molecule has 0 spiro atoms. The molecule has 0 saturated heterocycles. The molecule has 0 bridgehead atoms. The topological polar surface area (TPSA) is 71.0 Å². The van der Waals surface area contributed by atoms with Gasteiger partial charge >= 0.3 is 12.0 Å². The van der Waals surface area contributed by atoms with Crippen molar-refractivity contribution in [2.75, 3.05) is 19.7 Å². The Morgan fingerprint density at radius 1 is 1.30 bits per heavy atom. The molecule has 0 atom stereocenters. The number of urea groups is 1. The normalized spacial score (nSPS) is 13.1. The molecular formula is C14H15N3O3. The van der Waals surface area contributed by atoms with Gasteiger partial charge in [-0.2, -0.15) is 0 Å². The third-order valence-electron chi connectivity index (χ3n) is 2.58. The van der Waals surface area contributed by atoms with E-state index >= 15 is 0 Å². The van der Waals surface area contributed by atoms with Crippen molar-refractivity contribution in [1.82, 2.24) is 10.2 Å². The summed E-state index contributed by atoms with van der Waals surface area (Å²) in [6, 6.07) is 8.44. The van der Waals surface area contributed by atoms with Crippen LogP contribution in [0.5, 0.6) is 0 Å². The lowest BCUT2D eigenvalue weighted by molar-refractivity contribution is 0.0509. The maximum absolute atomic E-state index is 11.7. The first-order valence-electron chi connectivity index (χ1n) is 6.22. The van der Waals surface area contributed by atoms with Gasteiger partial charge in [0.25, 0.3) is 0 Å². The predicted molar refractivity (Wildman–Crippen MR) is 74.5 cm³/mol. The number of benzene rings is 1. The van der Waals surface area contributed by atoms with Gasteiger partial charge in [-0.25, -0.2) is 14.6 Å². The Morgan fingerprint density at radius 3 is 2.80 bits per heavy atom. The SMILES string of the molecule is O=C(OCCNC(=O)N1C=NC=CC1)c1ccccc1. The van der Waals surface area contributed by atoms with E-state index in [1.807, 2.05) is 6.07 Å². The van der Waals surface area contributed by atoms with E-state index in [9.17, 15) is 9.59 Å². The molecule has 104 valence electrons. The molecule has 2 rings (SSSR count). The monoisotopic (exact) mass is 273 g/mol. The highest BCUT2D eigenvalue weighted by atomic mass is 16.5. The molecule has 1 aromatic carbocycles. The largest absolute Gasteiger partial charge is 0.460 e. The van der Waals surface area contributed by atoms with Gasteiger partial charge in [-0.3, -0.25) is 4.90 Å². The minimum atomic E-state index is -0.401. The fourth-order valence-electron chi connectivity index (χ4n) is 1.58. The minimum absolute atomic E-state index is 0.125. The van der Waals surface area contributed by atoms with Gasteiger partial charge in [-0.15, -0.1) is 0 Å².